The van der Waals surface area contributed by atoms with Gasteiger partial charge < -0.3 is 21.1 Å². The van der Waals surface area contributed by atoms with Crippen LogP contribution in [0, 0.1) is 0 Å². The highest BCUT2D eigenvalue weighted by atomic mass is 16.3. The lowest BCUT2D eigenvalue weighted by molar-refractivity contribution is -0.126. The van der Waals surface area contributed by atoms with Crippen LogP contribution in [0.15, 0.2) is 0 Å². The molecule has 0 aromatic heterocycles. The maximum Gasteiger partial charge on any atom is 0.239 e. The largest absolute Gasteiger partial charge is 0.394 e. The number of likely N-dealkylation sites (tertiary alicyclic amines) is 1. The van der Waals surface area contributed by atoms with Gasteiger partial charge in [-0.05, 0) is 38.8 Å². The lowest BCUT2D eigenvalue weighted by Crippen LogP contribution is -2.60. The van der Waals surface area contributed by atoms with Crippen molar-refractivity contribution in [2.24, 2.45) is 5.73 Å². The number of hydrogen-bond donors (Lipinski definition) is 3. The third kappa shape index (κ3) is 4.17. The van der Waals surface area contributed by atoms with Gasteiger partial charge in [0.2, 0.25) is 5.91 Å². The van der Waals surface area contributed by atoms with Gasteiger partial charge in [0, 0.05) is 6.54 Å². The molecule has 116 valence electrons. The summed E-state index contributed by atoms with van der Waals surface area (Å²) >= 11 is 0. The van der Waals surface area contributed by atoms with E-state index in [4.69, 9.17) is 10.8 Å². The van der Waals surface area contributed by atoms with Crippen molar-refractivity contribution in [2.75, 3.05) is 26.2 Å². The topological polar surface area (TPSA) is 78.6 Å². The second kappa shape index (κ2) is 7.38. The van der Waals surface area contributed by atoms with Crippen molar-refractivity contribution in [3.63, 3.8) is 0 Å². The highest BCUT2D eigenvalue weighted by Gasteiger charge is 2.36. The van der Waals surface area contributed by atoms with E-state index in [0.29, 0.717) is 0 Å². The van der Waals surface area contributed by atoms with E-state index >= 15 is 0 Å². The molecule has 1 heterocycles. The van der Waals surface area contributed by atoms with Crippen LogP contribution in [-0.4, -0.2) is 53.7 Å². The molecule has 5 heteroatoms. The van der Waals surface area contributed by atoms with Gasteiger partial charge >= 0.3 is 0 Å². The first-order valence-electron chi connectivity index (χ1n) is 8.06. The van der Waals surface area contributed by atoms with E-state index in [-0.39, 0.29) is 18.1 Å². The number of carbonyl (C=O) groups is 1. The SMILES string of the molecule is N[C@@H](CO)C(=O)NC1(CN2CCCCC2)CCCCC1. The maximum atomic E-state index is 12.1. The number of aliphatic hydroxyl groups excluding tert-OH is 1. The standard InChI is InChI=1S/C15H29N3O2/c16-13(11-19)14(20)17-15(7-3-1-4-8-15)12-18-9-5-2-6-10-18/h13,19H,1-12,16H2,(H,17,20)/t13-/m0/s1. The summed E-state index contributed by atoms with van der Waals surface area (Å²) in [6.07, 6.45) is 9.51. The summed E-state index contributed by atoms with van der Waals surface area (Å²) in [4.78, 5) is 14.6. The molecule has 2 fully saturated rings. The molecule has 0 bridgehead atoms. The summed E-state index contributed by atoms with van der Waals surface area (Å²) in [6.45, 7) is 2.94. The average Bonchev–Trinajstić information content (AvgIpc) is 2.48. The zero-order chi connectivity index (χ0) is 14.4. The monoisotopic (exact) mass is 283 g/mol. The van der Waals surface area contributed by atoms with Gasteiger partial charge in [-0.2, -0.15) is 0 Å². The van der Waals surface area contributed by atoms with E-state index in [2.05, 4.69) is 10.2 Å². The number of piperidine rings is 1. The van der Waals surface area contributed by atoms with Crippen molar-refractivity contribution < 1.29 is 9.90 Å². The van der Waals surface area contributed by atoms with Crippen LogP contribution in [0.5, 0.6) is 0 Å². The van der Waals surface area contributed by atoms with Crippen molar-refractivity contribution in [3.05, 3.63) is 0 Å². The van der Waals surface area contributed by atoms with E-state index in [9.17, 15) is 4.79 Å². The van der Waals surface area contributed by atoms with E-state index < -0.39 is 6.04 Å². The number of rotatable bonds is 5. The predicted octanol–water partition coefficient (Wildman–Crippen LogP) is 0.611. The van der Waals surface area contributed by atoms with Gasteiger partial charge in [0.1, 0.15) is 6.04 Å². The second-order valence-electron chi connectivity index (χ2n) is 6.46. The average molecular weight is 283 g/mol. The van der Waals surface area contributed by atoms with Crippen molar-refractivity contribution >= 4 is 5.91 Å². The summed E-state index contributed by atoms with van der Waals surface area (Å²) in [5, 5.41) is 12.2. The molecule has 1 saturated heterocycles. The molecule has 2 rings (SSSR count). The maximum absolute atomic E-state index is 12.1. The first-order valence-corrected chi connectivity index (χ1v) is 8.06. The van der Waals surface area contributed by atoms with Crippen LogP contribution in [0.1, 0.15) is 51.4 Å². The summed E-state index contributed by atoms with van der Waals surface area (Å²) < 4.78 is 0. The molecule has 4 N–H and O–H groups in total. The Morgan fingerprint density at radius 1 is 1.15 bits per heavy atom. The van der Waals surface area contributed by atoms with E-state index in [1.54, 1.807) is 0 Å². The fraction of sp³-hybridized carbons (Fsp3) is 0.933. The molecule has 1 atom stereocenters. The zero-order valence-electron chi connectivity index (χ0n) is 12.4. The zero-order valence-corrected chi connectivity index (χ0v) is 12.4. The summed E-state index contributed by atoms with van der Waals surface area (Å²) in [5.41, 5.74) is 5.52. The Hall–Kier alpha value is -0.650. The molecular weight excluding hydrogens is 254 g/mol. The van der Waals surface area contributed by atoms with Crippen LogP contribution in [0.4, 0.5) is 0 Å². The van der Waals surface area contributed by atoms with Crippen molar-refractivity contribution in [1.82, 2.24) is 10.2 Å². The molecule has 20 heavy (non-hydrogen) atoms. The first-order chi connectivity index (χ1) is 9.65. The molecule has 0 spiro atoms. The van der Waals surface area contributed by atoms with E-state index in [1.807, 2.05) is 0 Å². The smallest absolute Gasteiger partial charge is 0.239 e. The molecular formula is C15H29N3O2. The molecule has 0 aromatic carbocycles. The molecule has 0 radical (unpaired) electrons. The molecule has 1 amide bonds. The lowest BCUT2D eigenvalue weighted by Gasteiger charge is -2.43. The summed E-state index contributed by atoms with van der Waals surface area (Å²) in [5.74, 6) is -0.202. The van der Waals surface area contributed by atoms with Crippen LogP contribution in [0.3, 0.4) is 0 Å². The third-order valence-corrected chi connectivity index (χ3v) is 4.71. The van der Waals surface area contributed by atoms with Crippen LogP contribution in [0.25, 0.3) is 0 Å². The highest BCUT2D eigenvalue weighted by Crippen LogP contribution is 2.30. The second-order valence-corrected chi connectivity index (χ2v) is 6.46. The van der Waals surface area contributed by atoms with Gasteiger partial charge in [0.05, 0.1) is 12.1 Å². The lowest BCUT2D eigenvalue weighted by atomic mass is 9.80. The minimum absolute atomic E-state index is 0.126. The minimum Gasteiger partial charge on any atom is -0.394 e. The number of hydrogen-bond acceptors (Lipinski definition) is 4. The van der Waals surface area contributed by atoms with Gasteiger partial charge in [-0.3, -0.25) is 4.79 Å². The summed E-state index contributed by atoms with van der Waals surface area (Å²) in [6, 6.07) is -0.796. The number of nitrogens with zero attached hydrogens (tertiary/aromatic N) is 1. The molecule has 0 unspecified atom stereocenters. The molecule has 1 aliphatic heterocycles. The Morgan fingerprint density at radius 3 is 2.35 bits per heavy atom. The molecule has 1 aliphatic carbocycles. The molecule has 1 saturated carbocycles. The Kier molecular flexibility index (Phi) is 5.81. The Bertz CT molecular complexity index is 310. The van der Waals surface area contributed by atoms with Gasteiger partial charge in [-0.1, -0.05) is 25.7 Å². The predicted molar refractivity (Wildman–Crippen MR) is 79.3 cm³/mol. The fourth-order valence-electron chi connectivity index (χ4n) is 3.53. The van der Waals surface area contributed by atoms with Crippen LogP contribution in [-0.2, 0) is 4.79 Å². The summed E-state index contributed by atoms with van der Waals surface area (Å²) in [7, 11) is 0. The van der Waals surface area contributed by atoms with Gasteiger partial charge in [0.25, 0.3) is 0 Å². The number of nitrogens with one attached hydrogen (secondary N) is 1. The number of carbonyl (C=O) groups excluding carboxylic acids is 1. The normalized spacial score (nSPS) is 25.1. The van der Waals surface area contributed by atoms with Gasteiger partial charge in [-0.15, -0.1) is 0 Å². The van der Waals surface area contributed by atoms with Crippen LogP contribution < -0.4 is 11.1 Å². The number of amides is 1. The quantitative estimate of drug-likeness (QED) is 0.691. The fourth-order valence-corrected chi connectivity index (χ4v) is 3.53. The molecule has 2 aliphatic rings. The van der Waals surface area contributed by atoms with Crippen molar-refractivity contribution in [3.8, 4) is 0 Å². The van der Waals surface area contributed by atoms with Gasteiger partial charge in [0.15, 0.2) is 0 Å². The molecule has 0 aromatic rings. The molecule has 5 nitrogen and oxygen atoms in total. The number of nitrogens with two attached hydrogens (primary N) is 1. The van der Waals surface area contributed by atoms with Crippen LogP contribution in [0.2, 0.25) is 0 Å². The Morgan fingerprint density at radius 2 is 1.75 bits per heavy atom. The van der Waals surface area contributed by atoms with E-state index in [0.717, 1.165) is 32.5 Å². The third-order valence-electron chi connectivity index (χ3n) is 4.71. The van der Waals surface area contributed by atoms with Crippen LogP contribution >= 0.6 is 0 Å². The van der Waals surface area contributed by atoms with Crippen molar-refractivity contribution in [2.45, 2.75) is 62.9 Å². The Labute approximate surface area is 121 Å². The first kappa shape index (κ1) is 15.7. The van der Waals surface area contributed by atoms with E-state index in [1.165, 1.54) is 38.5 Å². The van der Waals surface area contributed by atoms with Crippen molar-refractivity contribution in [1.29, 1.82) is 0 Å². The Balaban J connectivity index is 1.98. The minimum atomic E-state index is -0.796. The van der Waals surface area contributed by atoms with Gasteiger partial charge in [-0.25, -0.2) is 0 Å². The number of aliphatic hydroxyl groups is 1. The highest BCUT2D eigenvalue weighted by molar-refractivity contribution is 5.82.